The molecular formula is C8H6F3NO3. The van der Waals surface area contributed by atoms with Crippen LogP contribution < -0.4 is 4.74 Å². The number of benzene rings is 1. The van der Waals surface area contributed by atoms with Gasteiger partial charge in [0.25, 0.3) is 0 Å². The van der Waals surface area contributed by atoms with E-state index in [2.05, 4.69) is 14.9 Å². The molecule has 0 radical (unpaired) electrons. The second-order valence-electron chi connectivity index (χ2n) is 2.54. The zero-order valence-corrected chi connectivity index (χ0v) is 7.32. The second-order valence-corrected chi connectivity index (χ2v) is 2.54. The van der Waals surface area contributed by atoms with Crippen LogP contribution in [0.3, 0.4) is 0 Å². The van der Waals surface area contributed by atoms with E-state index in [9.17, 15) is 18.1 Å². The van der Waals surface area contributed by atoms with Crippen molar-refractivity contribution in [2.75, 3.05) is 0 Å². The number of hydrogen-bond donors (Lipinski definition) is 0. The topological polar surface area (TPSA) is 47.9 Å². The summed E-state index contributed by atoms with van der Waals surface area (Å²) in [5.74, 6) is -0.328. The van der Waals surface area contributed by atoms with E-state index in [0.717, 1.165) is 12.1 Å². The first-order valence-corrected chi connectivity index (χ1v) is 3.80. The Bertz CT molecular complexity index is 323. The lowest BCUT2D eigenvalue weighted by molar-refractivity contribution is -0.274. The molecule has 1 aromatic carbocycles. The summed E-state index contributed by atoms with van der Waals surface area (Å²) in [6.07, 6.45) is -4.71. The van der Waals surface area contributed by atoms with E-state index in [4.69, 9.17) is 0 Å². The first kappa shape index (κ1) is 11.3. The van der Waals surface area contributed by atoms with Gasteiger partial charge in [-0.15, -0.1) is 18.1 Å². The third-order valence-corrected chi connectivity index (χ3v) is 1.44. The lowest BCUT2D eigenvalue weighted by Gasteiger charge is -2.08. The van der Waals surface area contributed by atoms with Crippen LogP contribution in [0.25, 0.3) is 0 Å². The Kier molecular flexibility index (Phi) is 3.48. The van der Waals surface area contributed by atoms with Crippen LogP contribution in [-0.2, 0) is 11.4 Å². The maximum Gasteiger partial charge on any atom is 0.573 e. The smallest absolute Gasteiger partial charge is 0.406 e. The Morgan fingerprint density at radius 3 is 2.27 bits per heavy atom. The monoisotopic (exact) mass is 221 g/mol. The number of ether oxygens (including phenoxy) is 1. The van der Waals surface area contributed by atoms with Gasteiger partial charge in [0.05, 0.1) is 0 Å². The molecule has 7 heteroatoms. The highest BCUT2D eigenvalue weighted by molar-refractivity contribution is 5.26. The van der Waals surface area contributed by atoms with Crippen LogP contribution in [0.4, 0.5) is 13.2 Å². The molecule has 4 nitrogen and oxygen atoms in total. The second kappa shape index (κ2) is 4.63. The number of nitrogens with zero attached hydrogens (tertiary/aromatic N) is 1. The first-order valence-electron chi connectivity index (χ1n) is 3.80. The molecule has 1 rings (SSSR count). The van der Waals surface area contributed by atoms with Crippen molar-refractivity contribution in [2.24, 2.45) is 5.34 Å². The van der Waals surface area contributed by atoms with Gasteiger partial charge in [0.15, 0.2) is 5.34 Å². The summed E-state index contributed by atoms with van der Waals surface area (Å²) >= 11 is 0. The van der Waals surface area contributed by atoms with Crippen molar-refractivity contribution in [3.63, 3.8) is 0 Å². The molecule has 0 saturated heterocycles. The van der Waals surface area contributed by atoms with Crippen LogP contribution in [0.1, 0.15) is 5.56 Å². The Morgan fingerprint density at radius 2 is 1.80 bits per heavy atom. The largest absolute Gasteiger partial charge is 0.573 e. The maximum atomic E-state index is 11.7. The summed E-state index contributed by atoms with van der Waals surface area (Å²) in [7, 11) is 0. The van der Waals surface area contributed by atoms with Gasteiger partial charge in [-0.2, -0.15) is 0 Å². The van der Waals surface area contributed by atoms with E-state index in [1.165, 1.54) is 12.1 Å². The molecule has 0 aliphatic rings. The summed E-state index contributed by atoms with van der Waals surface area (Å²) in [5.41, 5.74) is 0.518. The molecule has 0 bridgehead atoms. The van der Waals surface area contributed by atoms with E-state index in [-0.39, 0.29) is 12.4 Å². The zero-order valence-electron chi connectivity index (χ0n) is 7.32. The average Bonchev–Trinajstić information content (AvgIpc) is 2.14. The Morgan fingerprint density at radius 1 is 1.20 bits per heavy atom. The lowest BCUT2D eigenvalue weighted by Crippen LogP contribution is -2.17. The molecule has 0 unspecified atom stereocenters. The van der Waals surface area contributed by atoms with E-state index < -0.39 is 6.36 Å². The van der Waals surface area contributed by atoms with Gasteiger partial charge >= 0.3 is 6.36 Å². The van der Waals surface area contributed by atoms with Gasteiger partial charge in [0.2, 0.25) is 0 Å². The van der Waals surface area contributed by atoms with Gasteiger partial charge in [-0.25, -0.2) is 0 Å². The third kappa shape index (κ3) is 4.30. The van der Waals surface area contributed by atoms with Gasteiger partial charge in [0, 0.05) is 0 Å². The van der Waals surface area contributed by atoms with Crippen molar-refractivity contribution in [3.05, 3.63) is 34.7 Å². The third-order valence-electron chi connectivity index (χ3n) is 1.44. The highest BCUT2D eigenvalue weighted by Crippen LogP contribution is 2.22. The fraction of sp³-hybridized carbons (Fsp3) is 0.250. The minimum atomic E-state index is -4.71. The van der Waals surface area contributed by atoms with Crippen molar-refractivity contribution in [3.8, 4) is 5.75 Å². The molecule has 0 heterocycles. The Hall–Kier alpha value is -1.79. The fourth-order valence-corrected chi connectivity index (χ4v) is 0.888. The molecule has 0 aliphatic heterocycles. The lowest BCUT2D eigenvalue weighted by atomic mass is 10.2. The highest BCUT2D eigenvalue weighted by atomic mass is 19.4. The van der Waals surface area contributed by atoms with Crippen LogP contribution in [0.15, 0.2) is 29.6 Å². The average molecular weight is 221 g/mol. The summed E-state index contributed by atoms with van der Waals surface area (Å²) in [6, 6.07) is 4.92. The molecule has 0 atom stereocenters. The minimum Gasteiger partial charge on any atom is -0.406 e. The minimum absolute atomic E-state index is 0.0875. The number of alkyl halides is 3. The first-order chi connectivity index (χ1) is 7.01. The summed E-state index contributed by atoms with van der Waals surface area (Å²) in [6.45, 7) is -0.0875. The van der Waals surface area contributed by atoms with Crippen molar-refractivity contribution in [1.82, 2.24) is 0 Å². The van der Waals surface area contributed by atoms with Crippen LogP contribution in [0, 0.1) is 4.91 Å². The van der Waals surface area contributed by atoms with Crippen LogP contribution in [-0.4, -0.2) is 6.36 Å². The van der Waals surface area contributed by atoms with Crippen molar-refractivity contribution in [1.29, 1.82) is 0 Å². The van der Waals surface area contributed by atoms with E-state index in [1.54, 1.807) is 0 Å². The Labute approximate surface area is 82.5 Å². The normalized spacial score (nSPS) is 10.9. The number of halogens is 3. The molecule has 0 N–H and O–H groups in total. The van der Waals surface area contributed by atoms with Crippen LogP contribution in [0.2, 0.25) is 0 Å². The quantitative estimate of drug-likeness (QED) is 0.580. The molecule has 1 aromatic rings. The van der Waals surface area contributed by atoms with Crippen LogP contribution in [0.5, 0.6) is 5.75 Å². The molecule has 82 valence electrons. The van der Waals surface area contributed by atoms with Gasteiger partial charge in [-0.1, -0.05) is 12.1 Å². The summed E-state index contributed by atoms with van der Waals surface area (Å²) in [5, 5.41) is 2.15. The van der Waals surface area contributed by atoms with E-state index in [1.807, 2.05) is 0 Å². The molecule has 0 fully saturated rings. The summed E-state index contributed by atoms with van der Waals surface area (Å²) < 4.78 is 38.9. The predicted molar refractivity (Wildman–Crippen MR) is 43.7 cm³/mol. The van der Waals surface area contributed by atoms with Gasteiger partial charge in [-0.3, -0.25) is 0 Å². The standard InChI is InChI=1S/C8H6F3NO3/c9-8(10,11)15-7-3-1-6(2-4-7)5-14-12-13/h1-4H,5H2. The van der Waals surface area contributed by atoms with E-state index in [0.29, 0.717) is 5.56 Å². The SMILES string of the molecule is O=NOCc1ccc(OC(F)(F)F)cc1. The molecule has 15 heavy (non-hydrogen) atoms. The zero-order chi connectivity index (χ0) is 11.3. The van der Waals surface area contributed by atoms with Crippen LogP contribution >= 0.6 is 0 Å². The van der Waals surface area contributed by atoms with Gasteiger partial charge < -0.3 is 9.57 Å². The van der Waals surface area contributed by atoms with Crippen molar-refractivity contribution >= 4 is 0 Å². The summed E-state index contributed by atoms with van der Waals surface area (Å²) in [4.78, 5) is 13.8. The van der Waals surface area contributed by atoms with E-state index >= 15 is 0 Å². The molecule has 0 amide bonds. The molecule has 0 aliphatic carbocycles. The number of rotatable bonds is 4. The highest BCUT2D eigenvalue weighted by Gasteiger charge is 2.30. The molecule has 0 spiro atoms. The van der Waals surface area contributed by atoms with Crippen molar-refractivity contribution in [2.45, 2.75) is 13.0 Å². The molecular weight excluding hydrogens is 215 g/mol. The Balaban J connectivity index is 2.60. The number of hydrogen-bond acceptors (Lipinski definition) is 4. The maximum absolute atomic E-state index is 11.7. The molecule has 0 aromatic heterocycles. The fourth-order valence-electron chi connectivity index (χ4n) is 0.888. The van der Waals surface area contributed by atoms with Gasteiger partial charge in [0.1, 0.15) is 12.4 Å². The predicted octanol–water partition coefficient (Wildman–Crippen LogP) is 2.78. The molecule has 0 saturated carbocycles. The van der Waals surface area contributed by atoms with Gasteiger partial charge in [-0.05, 0) is 17.7 Å². The van der Waals surface area contributed by atoms with Crippen molar-refractivity contribution < 1.29 is 22.7 Å².